The Bertz CT molecular complexity index is 3360. The molecule has 6 rings (SSSR count). The van der Waals surface area contributed by atoms with Crippen LogP contribution in [0.5, 0.6) is 0 Å². The normalized spacial score (nSPS) is 11.4. The average Bonchev–Trinajstić information content (AvgIpc) is 3.85. The fourth-order valence-electron chi connectivity index (χ4n) is 7.50. The Morgan fingerprint density at radius 1 is 0.695 bits per heavy atom. The highest BCUT2D eigenvalue weighted by Gasteiger charge is 2.31. The Morgan fingerprint density at radius 3 is 1.82 bits per heavy atom. The monoisotopic (exact) mass is 1200 g/mol. The van der Waals surface area contributed by atoms with Crippen molar-refractivity contribution in [3.8, 4) is 10.6 Å². The summed E-state index contributed by atoms with van der Waals surface area (Å²) in [6, 6.07) is 27.8. The van der Waals surface area contributed by atoms with Crippen molar-refractivity contribution in [2.24, 2.45) is 10.2 Å². The maximum absolute atomic E-state index is 13.9. The van der Waals surface area contributed by atoms with Crippen molar-refractivity contribution in [1.82, 2.24) is 4.98 Å². The third-order valence-electron chi connectivity index (χ3n) is 12.5. The number of aliphatic hydroxyl groups excluding tert-OH is 1. The second kappa shape index (κ2) is 31.2. The van der Waals surface area contributed by atoms with Crippen LogP contribution in [0.25, 0.3) is 21.0 Å². The number of nitrogens with zero attached hydrogens (tertiary/aromatic N) is 3. The predicted molar refractivity (Wildman–Crippen MR) is 333 cm³/mol. The average molecular weight is 1200 g/mol. The molecule has 6 nitrogen and oxygen atoms in total. The van der Waals surface area contributed by atoms with E-state index in [0.717, 1.165) is 122 Å². The summed E-state index contributed by atoms with van der Waals surface area (Å²) in [5.74, 6) is -0.0341. The van der Waals surface area contributed by atoms with Crippen molar-refractivity contribution in [2.75, 3.05) is 5.75 Å². The number of alkyl halides is 6. The van der Waals surface area contributed by atoms with E-state index in [4.69, 9.17) is 0 Å². The van der Waals surface area contributed by atoms with Crippen molar-refractivity contribution < 1.29 is 40.6 Å². The quantitative estimate of drug-likeness (QED) is 0.0203. The Morgan fingerprint density at radius 2 is 1.29 bits per heavy atom. The molecule has 82 heavy (non-hydrogen) atoms. The number of hydrogen-bond donors (Lipinski definition) is 1. The van der Waals surface area contributed by atoms with Crippen molar-refractivity contribution >= 4 is 74.4 Å². The van der Waals surface area contributed by atoms with Crippen molar-refractivity contribution in [1.29, 1.82) is 0 Å². The standard InChI is InChI=1S/C27H29F3OS2.C26H29FN2O2S.C12H10F3NS/c1-17(2)25(33-21(6)23-10-12-24(13-11-23)27(28,29)30)14-9-22-8-7-18(3)26(16-22)32-20(5)15-19(4)31;1-16(2)22(11-18(4)21-8-7-17(3)24(27)14-21)15-32-23-9-10-25(19(5)12-23)28-20(6)13-26(30)29-31;1-7-8(2)17-11(16-7)9-3-5-10(6-4-9)12(13,14)15/h7-8,10-13,16,31H,4-6,9,14-15H2,1-3H3;7-10,12,14H,4,11,13,15H2,1-3,5-6H3;3-6H,1-2H3. The van der Waals surface area contributed by atoms with Gasteiger partial charge in [0.05, 0.1) is 34.7 Å². The Kier molecular flexibility index (Phi) is 25.9. The Labute approximate surface area is 494 Å². The number of aromatic nitrogens is 1. The van der Waals surface area contributed by atoms with Crippen LogP contribution in [-0.2, 0) is 23.6 Å². The molecule has 0 aliphatic heterocycles. The number of aliphatic hydroxyl groups is 1. The van der Waals surface area contributed by atoms with Gasteiger partial charge in [-0.05, 0) is 192 Å². The number of benzene rings is 5. The summed E-state index contributed by atoms with van der Waals surface area (Å²) in [5, 5.41) is 12.6. The fraction of sp³-hybridized carbons (Fsp3) is 0.277. The topological polar surface area (TPSA) is 92.0 Å². The molecule has 1 N–H and O–H groups in total. The molecule has 0 unspecified atom stereocenters. The molecule has 0 atom stereocenters. The summed E-state index contributed by atoms with van der Waals surface area (Å²) in [6.45, 7) is 35.3. The van der Waals surface area contributed by atoms with Gasteiger partial charge in [-0.3, -0.25) is 9.79 Å². The predicted octanol–water partition coefficient (Wildman–Crippen LogP) is 21.9. The van der Waals surface area contributed by atoms with Gasteiger partial charge in [0.1, 0.15) is 10.8 Å². The van der Waals surface area contributed by atoms with E-state index in [1.54, 1.807) is 37.7 Å². The van der Waals surface area contributed by atoms with Crippen LogP contribution in [-0.4, -0.2) is 27.5 Å². The minimum absolute atomic E-state index is 0.0713. The maximum Gasteiger partial charge on any atom is 0.416 e. The number of allylic oxidation sites excluding steroid dienone is 5. The molecule has 0 bridgehead atoms. The third-order valence-corrected chi connectivity index (χ3v) is 17.1. The van der Waals surface area contributed by atoms with Gasteiger partial charge < -0.3 is 5.11 Å². The second-order valence-corrected chi connectivity index (χ2v) is 24.5. The number of hydrogen-bond acceptors (Lipinski definition) is 9. The zero-order valence-electron chi connectivity index (χ0n) is 47.8. The van der Waals surface area contributed by atoms with Crippen molar-refractivity contribution in [3.63, 3.8) is 0 Å². The van der Waals surface area contributed by atoms with Crippen LogP contribution in [0, 0.1) is 45.3 Å². The van der Waals surface area contributed by atoms with Crippen LogP contribution in [0.1, 0.15) is 115 Å². The number of carbonyl (C=O) groups excluding carboxylic acids is 1. The molecule has 1 amide bonds. The van der Waals surface area contributed by atoms with Crippen LogP contribution in [0.3, 0.4) is 0 Å². The Hall–Kier alpha value is -6.53. The number of carbonyl (C=O) groups is 1. The lowest BCUT2D eigenvalue weighted by atomic mass is 9.97. The molecular weight excluding hydrogens is 1130 g/mol. The molecule has 17 heteroatoms. The molecule has 1 aromatic heterocycles. The molecule has 434 valence electrons. The molecule has 5 aromatic carbocycles. The lowest BCUT2D eigenvalue weighted by Gasteiger charge is -2.14. The third kappa shape index (κ3) is 22.0. The highest BCUT2D eigenvalue weighted by atomic mass is 32.2. The molecule has 0 radical (unpaired) electrons. The van der Waals surface area contributed by atoms with Crippen LogP contribution < -0.4 is 0 Å². The highest BCUT2D eigenvalue weighted by Crippen LogP contribution is 2.40. The first-order chi connectivity index (χ1) is 38.3. The van der Waals surface area contributed by atoms with Crippen LogP contribution in [0.2, 0.25) is 0 Å². The number of thioether (sulfide) groups is 3. The number of aryl methyl sites for hydroxylation is 6. The minimum Gasteiger partial charge on any atom is -0.513 e. The first kappa shape index (κ1) is 68.0. The summed E-state index contributed by atoms with van der Waals surface area (Å²) < 4.78 is 89.5. The molecule has 6 aromatic rings. The first-order valence-corrected chi connectivity index (χ1v) is 29.2. The van der Waals surface area contributed by atoms with Gasteiger partial charge in [-0.2, -0.15) is 26.3 Å². The SMILES string of the molecule is C=C(CC(CSc1ccc(N=C(C)CC(=O)N=O)c(C)c1)=C(C)C)c1ccc(C)c(F)c1.C=C(O)CC(=C)Sc1cc(CCC(SC(=C)c2ccc(C(F)(F)F)cc2)=C(C)C)ccc1C.Cc1nc(-c2ccc(C(F)(F)F)cc2)sc1C. The summed E-state index contributed by atoms with van der Waals surface area (Å²) in [7, 11) is 0. The molecule has 0 saturated heterocycles. The smallest absolute Gasteiger partial charge is 0.416 e. The van der Waals surface area contributed by atoms with Gasteiger partial charge in [0.25, 0.3) is 5.91 Å². The summed E-state index contributed by atoms with van der Waals surface area (Å²) in [4.78, 5) is 36.2. The molecule has 0 aliphatic rings. The maximum atomic E-state index is 13.9. The van der Waals surface area contributed by atoms with E-state index in [9.17, 15) is 45.5 Å². The summed E-state index contributed by atoms with van der Waals surface area (Å²) in [5.41, 5.74) is 11.7. The number of rotatable bonds is 20. The van der Waals surface area contributed by atoms with Gasteiger partial charge in [-0.1, -0.05) is 115 Å². The van der Waals surface area contributed by atoms with Gasteiger partial charge in [0.2, 0.25) is 0 Å². The van der Waals surface area contributed by atoms with E-state index in [0.29, 0.717) is 29.7 Å². The van der Waals surface area contributed by atoms with Crippen LogP contribution in [0.15, 0.2) is 182 Å². The number of nitroso groups, excluding NO2 is 1. The van der Waals surface area contributed by atoms with E-state index in [-0.39, 0.29) is 18.0 Å². The highest BCUT2D eigenvalue weighted by molar-refractivity contribution is 8.11. The molecule has 1 heterocycles. The largest absolute Gasteiger partial charge is 0.513 e. The van der Waals surface area contributed by atoms with E-state index in [2.05, 4.69) is 79.6 Å². The Balaban J connectivity index is 0.000000277. The van der Waals surface area contributed by atoms with Crippen molar-refractivity contribution in [2.45, 2.75) is 123 Å². The lowest BCUT2D eigenvalue weighted by Crippen LogP contribution is -2.04. The zero-order chi connectivity index (χ0) is 61.2. The molecule has 0 aliphatic carbocycles. The van der Waals surface area contributed by atoms with E-state index >= 15 is 0 Å². The number of halogens is 7. The van der Waals surface area contributed by atoms with Crippen LogP contribution in [0.4, 0.5) is 36.4 Å². The van der Waals surface area contributed by atoms with Crippen molar-refractivity contribution in [3.05, 3.63) is 228 Å². The first-order valence-electron chi connectivity index (χ1n) is 25.7. The summed E-state index contributed by atoms with van der Waals surface area (Å²) in [6.07, 6.45) is -6.03. The minimum atomic E-state index is -4.35. The zero-order valence-corrected chi connectivity index (χ0v) is 51.0. The number of aliphatic imine (C=N–C) groups is 1. The van der Waals surface area contributed by atoms with Crippen LogP contribution >= 0.6 is 46.6 Å². The van der Waals surface area contributed by atoms with E-state index in [1.807, 2.05) is 59.7 Å². The molecule has 0 spiro atoms. The van der Waals surface area contributed by atoms with Gasteiger partial charge in [0.15, 0.2) is 0 Å². The number of amides is 1. The second-order valence-electron chi connectivity index (χ2n) is 19.8. The summed E-state index contributed by atoms with van der Waals surface area (Å²) >= 11 is 6.26. The van der Waals surface area contributed by atoms with E-state index < -0.39 is 29.4 Å². The number of thiazole rings is 1. The molecule has 0 fully saturated rings. The lowest BCUT2D eigenvalue weighted by molar-refractivity contribution is -0.138. The van der Waals surface area contributed by atoms with Gasteiger partial charge >= 0.3 is 12.4 Å². The van der Waals surface area contributed by atoms with E-state index in [1.165, 1.54) is 75.8 Å². The molecular formula is C65H68F7N3O3S4. The van der Waals surface area contributed by atoms with Gasteiger partial charge in [-0.15, -0.1) is 28.0 Å². The molecule has 0 saturated carbocycles. The van der Waals surface area contributed by atoms with Gasteiger partial charge in [-0.25, -0.2) is 9.37 Å². The van der Waals surface area contributed by atoms with Gasteiger partial charge in [0, 0.05) is 48.2 Å². The fourth-order valence-corrected chi connectivity index (χ4v) is 11.5.